The number of halogens is 1. The second-order valence-electron chi connectivity index (χ2n) is 8.73. The quantitative estimate of drug-likeness (QED) is 0.617. The molecule has 2 aliphatic rings. The Morgan fingerprint density at radius 2 is 1.94 bits per heavy atom. The molecule has 1 aromatic carbocycles. The molecule has 33 heavy (non-hydrogen) atoms. The molecule has 1 N–H and O–H groups in total. The van der Waals surface area contributed by atoms with E-state index in [0.29, 0.717) is 37.4 Å². The largest absolute Gasteiger partial charge is 0.367 e. The first-order valence-corrected chi connectivity index (χ1v) is 11.8. The van der Waals surface area contributed by atoms with Crippen molar-refractivity contribution in [2.24, 2.45) is 0 Å². The fraction of sp³-hybridized carbons (Fsp3) is 0.542. The highest BCUT2D eigenvalue weighted by molar-refractivity contribution is 6.00. The van der Waals surface area contributed by atoms with Crippen molar-refractivity contribution >= 4 is 23.3 Å². The summed E-state index contributed by atoms with van der Waals surface area (Å²) < 4.78 is 15.8. The summed E-state index contributed by atoms with van der Waals surface area (Å²) in [5.41, 5.74) is 1.51. The van der Waals surface area contributed by atoms with Crippen molar-refractivity contribution in [2.45, 2.75) is 45.7 Å². The van der Waals surface area contributed by atoms with Crippen molar-refractivity contribution < 1.29 is 14.0 Å². The van der Waals surface area contributed by atoms with Crippen LogP contribution in [0.1, 0.15) is 31.9 Å². The van der Waals surface area contributed by atoms with E-state index < -0.39 is 6.04 Å². The summed E-state index contributed by atoms with van der Waals surface area (Å²) in [4.78, 5) is 31.6. The van der Waals surface area contributed by atoms with Gasteiger partial charge in [-0.3, -0.25) is 19.4 Å². The molecule has 1 saturated heterocycles. The molecule has 0 saturated carbocycles. The zero-order valence-electron chi connectivity index (χ0n) is 19.5. The molecule has 1 aromatic heterocycles. The number of fused-ring (bicyclic) bond motifs is 1. The number of nitrogens with one attached hydrogen (secondary N) is 1. The minimum Gasteiger partial charge on any atom is -0.367 e. The Morgan fingerprint density at radius 3 is 2.67 bits per heavy atom. The summed E-state index contributed by atoms with van der Waals surface area (Å²) in [6, 6.07) is 8.24. The molecule has 0 spiro atoms. The number of aromatic nitrogens is 2. The van der Waals surface area contributed by atoms with E-state index in [1.807, 2.05) is 36.7 Å². The number of carbonyl (C=O) groups excluding carboxylic acids is 2. The number of amides is 2. The lowest BCUT2D eigenvalue weighted by Gasteiger charge is -2.36. The Balaban J connectivity index is 1.23. The van der Waals surface area contributed by atoms with Gasteiger partial charge >= 0.3 is 0 Å². The second-order valence-corrected chi connectivity index (χ2v) is 8.73. The van der Waals surface area contributed by atoms with E-state index in [1.54, 1.807) is 11.0 Å². The van der Waals surface area contributed by atoms with Gasteiger partial charge in [-0.2, -0.15) is 5.10 Å². The van der Waals surface area contributed by atoms with Crippen LogP contribution in [0.15, 0.2) is 30.3 Å². The maximum absolute atomic E-state index is 14.0. The monoisotopic (exact) mass is 456 g/mol. The summed E-state index contributed by atoms with van der Waals surface area (Å²) in [5, 5.41) is 7.45. The fourth-order valence-electron chi connectivity index (χ4n) is 4.71. The summed E-state index contributed by atoms with van der Waals surface area (Å²) in [7, 11) is 0. The Bertz CT molecular complexity index is 985. The zero-order chi connectivity index (χ0) is 23.4. The van der Waals surface area contributed by atoms with Gasteiger partial charge in [-0.25, -0.2) is 9.07 Å². The van der Waals surface area contributed by atoms with Crippen LogP contribution in [0.25, 0.3) is 0 Å². The first-order valence-electron chi connectivity index (χ1n) is 11.8. The molecule has 8 nitrogen and oxygen atoms in total. The van der Waals surface area contributed by atoms with Crippen LogP contribution in [-0.2, 0) is 16.1 Å². The van der Waals surface area contributed by atoms with Crippen LogP contribution in [-0.4, -0.2) is 71.8 Å². The summed E-state index contributed by atoms with van der Waals surface area (Å²) in [6.07, 6.45) is 1.73. The van der Waals surface area contributed by atoms with Gasteiger partial charge < -0.3 is 10.2 Å². The molecule has 0 unspecified atom stereocenters. The predicted octanol–water partition coefficient (Wildman–Crippen LogP) is 2.17. The van der Waals surface area contributed by atoms with E-state index in [0.717, 1.165) is 44.8 Å². The molecule has 178 valence electrons. The second kappa shape index (κ2) is 10.3. The molecule has 2 aliphatic heterocycles. The smallest absolute Gasteiger partial charge is 0.243 e. The number of para-hydroxylation sites is 1. The van der Waals surface area contributed by atoms with E-state index in [2.05, 4.69) is 20.2 Å². The van der Waals surface area contributed by atoms with Gasteiger partial charge in [0.15, 0.2) is 0 Å². The predicted molar refractivity (Wildman–Crippen MR) is 126 cm³/mol. The molecule has 0 radical (unpaired) electrons. The Hall–Kier alpha value is -2.94. The molecule has 4 rings (SSSR count). The first-order chi connectivity index (χ1) is 16.0. The average molecular weight is 457 g/mol. The minimum atomic E-state index is -0.531. The van der Waals surface area contributed by atoms with E-state index in [9.17, 15) is 14.0 Å². The molecule has 1 atom stereocenters. The lowest BCUT2D eigenvalue weighted by Crippen LogP contribution is -2.52. The third-order valence-electron chi connectivity index (χ3n) is 6.45. The number of benzene rings is 1. The van der Waals surface area contributed by atoms with E-state index >= 15 is 0 Å². The van der Waals surface area contributed by atoms with Gasteiger partial charge in [-0.05, 0) is 38.4 Å². The van der Waals surface area contributed by atoms with Gasteiger partial charge in [-0.1, -0.05) is 19.1 Å². The van der Waals surface area contributed by atoms with Gasteiger partial charge in [0.1, 0.15) is 17.7 Å². The van der Waals surface area contributed by atoms with Gasteiger partial charge in [0.2, 0.25) is 11.8 Å². The zero-order valence-corrected chi connectivity index (χ0v) is 19.5. The number of nitrogens with zero attached hydrogens (tertiary/aromatic N) is 5. The molecule has 2 amide bonds. The highest BCUT2D eigenvalue weighted by Crippen LogP contribution is 2.26. The third-order valence-corrected chi connectivity index (χ3v) is 6.45. The lowest BCUT2D eigenvalue weighted by molar-refractivity contribution is -0.127. The number of anilines is 2. The normalized spacial score (nSPS) is 17.7. The van der Waals surface area contributed by atoms with Crippen molar-refractivity contribution in [3.8, 4) is 0 Å². The number of hydrogen-bond acceptors (Lipinski definition) is 5. The standard InChI is InChI=1S/C24H33FN6O2/c1-3-20(31-22-17-18(2)27-30(22)12-9-23(31)32)24(33)26-10-6-11-28-13-15-29(16-14-28)21-8-5-4-7-19(21)25/h4-5,7-8,17,20H,3,6,9-16H2,1-2H3,(H,26,33)/t20-/m1/s1. The van der Waals surface area contributed by atoms with Gasteiger partial charge in [0.05, 0.1) is 17.9 Å². The Morgan fingerprint density at radius 1 is 1.18 bits per heavy atom. The van der Waals surface area contributed by atoms with Gasteiger partial charge in [-0.15, -0.1) is 0 Å². The van der Waals surface area contributed by atoms with Crippen LogP contribution < -0.4 is 15.1 Å². The van der Waals surface area contributed by atoms with Crippen LogP contribution in [0, 0.1) is 12.7 Å². The maximum Gasteiger partial charge on any atom is 0.243 e. The molecule has 0 bridgehead atoms. The van der Waals surface area contributed by atoms with Crippen molar-refractivity contribution in [3.05, 3.63) is 41.8 Å². The molecule has 1 fully saturated rings. The van der Waals surface area contributed by atoms with Crippen molar-refractivity contribution in [1.82, 2.24) is 20.0 Å². The highest BCUT2D eigenvalue weighted by atomic mass is 19.1. The van der Waals surface area contributed by atoms with Crippen LogP contribution in [0.3, 0.4) is 0 Å². The molecule has 3 heterocycles. The number of carbonyl (C=O) groups is 2. The molecular weight excluding hydrogens is 423 g/mol. The number of rotatable bonds is 8. The molecular formula is C24H33FN6O2. The van der Waals surface area contributed by atoms with Crippen molar-refractivity contribution in [2.75, 3.05) is 49.1 Å². The van der Waals surface area contributed by atoms with Crippen molar-refractivity contribution in [1.29, 1.82) is 0 Å². The lowest BCUT2D eigenvalue weighted by atomic mass is 10.1. The van der Waals surface area contributed by atoms with Crippen LogP contribution in [0.4, 0.5) is 15.9 Å². The summed E-state index contributed by atoms with van der Waals surface area (Å²) >= 11 is 0. The maximum atomic E-state index is 14.0. The Labute approximate surface area is 194 Å². The highest BCUT2D eigenvalue weighted by Gasteiger charge is 2.34. The van der Waals surface area contributed by atoms with E-state index in [-0.39, 0.29) is 17.6 Å². The van der Waals surface area contributed by atoms with Crippen LogP contribution in [0.5, 0.6) is 0 Å². The Kier molecular flexibility index (Phi) is 7.27. The summed E-state index contributed by atoms with van der Waals surface area (Å²) in [6.45, 7) is 9.11. The third kappa shape index (κ3) is 5.19. The average Bonchev–Trinajstić information content (AvgIpc) is 3.20. The number of aryl methyl sites for hydroxylation is 2. The number of piperazine rings is 1. The van der Waals surface area contributed by atoms with Gasteiger partial charge in [0, 0.05) is 45.2 Å². The molecule has 0 aliphatic carbocycles. The summed E-state index contributed by atoms with van der Waals surface area (Å²) in [5.74, 6) is 0.377. The van der Waals surface area contributed by atoms with Crippen LogP contribution >= 0.6 is 0 Å². The van der Waals surface area contributed by atoms with Crippen molar-refractivity contribution in [3.63, 3.8) is 0 Å². The fourth-order valence-corrected chi connectivity index (χ4v) is 4.71. The van der Waals surface area contributed by atoms with E-state index in [1.165, 1.54) is 6.07 Å². The molecule has 9 heteroatoms. The van der Waals surface area contributed by atoms with E-state index in [4.69, 9.17) is 0 Å². The van der Waals surface area contributed by atoms with Gasteiger partial charge in [0.25, 0.3) is 0 Å². The first kappa shape index (κ1) is 23.2. The SMILES string of the molecule is CC[C@H](C(=O)NCCCN1CCN(c2ccccc2F)CC1)N1C(=O)CCn2nc(C)cc21. The van der Waals surface area contributed by atoms with Crippen LogP contribution in [0.2, 0.25) is 0 Å². The molecule has 2 aromatic rings. The topological polar surface area (TPSA) is 73.7 Å². The minimum absolute atomic E-state index is 0.0304. The number of hydrogen-bond donors (Lipinski definition) is 1.